The lowest BCUT2D eigenvalue weighted by atomic mass is 9.50. The molecule has 4 heteroatoms. The van der Waals surface area contributed by atoms with E-state index in [1.54, 1.807) is 6.08 Å². The van der Waals surface area contributed by atoms with Gasteiger partial charge in [-0.1, -0.05) is 31.1 Å². The van der Waals surface area contributed by atoms with Gasteiger partial charge in [0.15, 0.2) is 0 Å². The Morgan fingerprint density at radius 1 is 1.28 bits per heavy atom. The molecular formula is C21H32O4. The third-order valence-electron chi connectivity index (χ3n) is 6.53. The van der Waals surface area contributed by atoms with Gasteiger partial charge in [-0.2, -0.15) is 0 Å². The number of methoxy groups -OCH3 is 2. The van der Waals surface area contributed by atoms with E-state index in [4.69, 9.17) is 9.47 Å². The highest BCUT2D eigenvalue weighted by molar-refractivity contribution is 5.82. The number of carbonyl (C=O) groups excluding carboxylic acids is 2. The number of ether oxygens (including phenoxy) is 2. The summed E-state index contributed by atoms with van der Waals surface area (Å²) in [4.78, 5) is 23.7. The number of carbonyl (C=O) groups is 2. The number of hydrogen-bond acceptors (Lipinski definition) is 4. The van der Waals surface area contributed by atoms with Gasteiger partial charge in [-0.15, -0.1) is 0 Å². The zero-order chi connectivity index (χ0) is 18.6. The standard InChI is InChI=1S/C21H32O4/c1-14(13-19(22)24-4)8-10-17-15(2)9-11-18-16(20(23)25-5)7-6-12-21(17,18)3/h13,16-18H,2,6-12H2,1,3-5H3/b14-13+/t16?,17-,18-,21+/m1/s1. The molecular weight excluding hydrogens is 316 g/mol. The first kappa shape index (κ1) is 19.7. The number of allylic oxidation sites excluding steroid dienone is 2. The predicted molar refractivity (Wildman–Crippen MR) is 97.8 cm³/mol. The fourth-order valence-electron chi connectivity index (χ4n) is 5.17. The molecule has 0 amide bonds. The highest BCUT2D eigenvalue weighted by Crippen LogP contribution is 2.58. The average Bonchev–Trinajstić information content (AvgIpc) is 2.59. The fraction of sp³-hybridized carbons (Fsp3) is 0.714. The Bertz CT molecular complexity index is 562. The van der Waals surface area contributed by atoms with Gasteiger partial charge in [0.2, 0.25) is 0 Å². The van der Waals surface area contributed by atoms with Crippen molar-refractivity contribution in [3.63, 3.8) is 0 Å². The average molecular weight is 348 g/mol. The van der Waals surface area contributed by atoms with Crippen LogP contribution in [0.2, 0.25) is 0 Å². The molecule has 4 nitrogen and oxygen atoms in total. The molecule has 0 aromatic heterocycles. The van der Waals surface area contributed by atoms with Gasteiger partial charge in [0.25, 0.3) is 0 Å². The molecule has 0 N–H and O–H groups in total. The van der Waals surface area contributed by atoms with Crippen molar-refractivity contribution in [1.82, 2.24) is 0 Å². The summed E-state index contributed by atoms with van der Waals surface area (Å²) >= 11 is 0. The minimum absolute atomic E-state index is 0.0195. The minimum Gasteiger partial charge on any atom is -0.469 e. The molecule has 2 rings (SSSR count). The van der Waals surface area contributed by atoms with Crippen LogP contribution in [0.1, 0.15) is 58.8 Å². The van der Waals surface area contributed by atoms with Crippen molar-refractivity contribution in [3.8, 4) is 0 Å². The number of fused-ring (bicyclic) bond motifs is 1. The van der Waals surface area contributed by atoms with E-state index in [2.05, 4.69) is 13.5 Å². The summed E-state index contributed by atoms with van der Waals surface area (Å²) < 4.78 is 9.79. The Morgan fingerprint density at radius 2 is 2.00 bits per heavy atom. The molecule has 4 atom stereocenters. The van der Waals surface area contributed by atoms with Crippen molar-refractivity contribution < 1.29 is 19.1 Å². The van der Waals surface area contributed by atoms with Gasteiger partial charge >= 0.3 is 11.9 Å². The van der Waals surface area contributed by atoms with Crippen LogP contribution >= 0.6 is 0 Å². The fourth-order valence-corrected chi connectivity index (χ4v) is 5.17. The van der Waals surface area contributed by atoms with Gasteiger partial charge in [-0.25, -0.2) is 4.79 Å². The summed E-state index contributed by atoms with van der Waals surface area (Å²) in [6.45, 7) is 8.66. The number of esters is 2. The van der Waals surface area contributed by atoms with E-state index in [9.17, 15) is 9.59 Å². The van der Waals surface area contributed by atoms with Crippen LogP contribution in [0.5, 0.6) is 0 Å². The molecule has 140 valence electrons. The molecule has 0 spiro atoms. The molecule has 0 heterocycles. The van der Waals surface area contributed by atoms with Crippen LogP contribution in [-0.2, 0) is 19.1 Å². The van der Waals surface area contributed by atoms with Crippen LogP contribution in [0.4, 0.5) is 0 Å². The van der Waals surface area contributed by atoms with Gasteiger partial charge in [0, 0.05) is 6.08 Å². The van der Waals surface area contributed by atoms with Crippen molar-refractivity contribution in [2.24, 2.45) is 23.2 Å². The van der Waals surface area contributed by atoms with Gasteiger partial charge in [-0.05, 0) is 62.7 Å². The summed E-state index contributed by atoms with van der Waals surface area (Å²) in [7, 11) is 2.89. The van der Waals surface area contributed by atoms with E-state index in [1.165, 1.54) is 19.8 Å². The minimum atomic E-state index is -0.299. The molecule has 0 aromatic carbocycles. The largest absolute Gasteiger partial charge is 0.469 e. The second-order valence-corrected chi connectivity index (χ2v) is 7.94. The summed E-state index contributed by atoms with van der Waals surface area (Å²) in [6, 6.07) is 0. The van der Waals surface area contributed by atoms with Crippen molar-refractivity contribution in [2.45, 2.75) is 58.8 Å². The van der Waals surface area contributed by atoms with E-state index in [0.29, 0.717) is 11.8 Å². The van der Waals surface area contributed by atoms with E-state index in [-0.39, 0.29) is 23.3 Å². The molecule has 2 aliphatic rings. The first-order valence-corrected chi connectivity index (χ1v) is 9.34. The number of rotatable bonds is 5. The van der Waals surface area contributed by atoms with Crippen LogP contribution in [0.3, 0.4) is 0 Å². The molecule has 0 saturated heterocycles. The Balaban J connectivity index is 2.16. The first-order chi connectivity index (χ1) is 11.8. The summed E-state index contributed by atoms with van der Waals surface area (Å²) in [6.07, 6.45) is 8.54. The van der Waals surface area contributed by atoms with Crippen LogP contribution in [0, 0.1) is 23.2 Å². The van der Waals surface area contributed by atoms with Crippen LogP contribution < -0.4 is 0 Å². The van der Waals surface area contributed by atoms with Gasteiger partial charge < -0.3 is 9.47 Å². The topological polar surface area (TPSA) is 52.6 Å². The molecule has 0 bridgehead atoms. The zero-order valence-electron chi connectivity index (χ0n) is 16.1. The third kappa shape index (κ3) is 4.16. The Hall–Kier alpha value is -1.58. The van der Waals surface area contributed by atoms with Crippen molar-refractivity contribution in [2.75, 3.05) is 14.2 Å². The summed E-state index contributed by atoms with van der Waals surface area (Å²) in [5, 5.41) is 0. The lowest BCUT2D eigenvalue weighted by Gasteiger charge is -2.54. The predicted octanol–water partition coefficient (Wildman–Crippen LogP) is 4.45. The van der Waals surface area contributed by atoms with Gasteiger partial charge in [0.05, 0.1) is 20.1 Å². The van der Waals surface area contributed by atoms with Crippen molar-refractivity contribution >= 4 is 11.9 Å². The van der Waals surface area contributed by atoms with Gasteiger partial charge in [0.1, 0.15) is 0 Å². The lowest BCUT2D eigenvalue weighted by Crippen LogP contribution is -2.48. The quantitative estimate of drug-likeness (QED) is 0.418. The Labute approximate surface area is 151 Å². The molecule has 0 aromatic rings. The third-order valence-corrected chi connectivity index (χ3v) is 6.53. The maximum absolute atomic E-state index is 12.3. The molecule has 0 aliphatic heterocycles. The highest BCUT2D eigenvalue weighted by atomic mass is 16.5. The monoisotopic (exact) mass is 348 g/mol. The van der Waals surface area contributed by atoms with Crippen LogP contribution in [0.15, 0.2) is 23.8 Å². The van der Waals surface area contributed by atoms with Crippen LogP contribution in [-0.4, -0.2) is 26.2 Å². The van der Waals surface area contributed by atoms with Crippen molar-refractivity contribution in [3.05, 3.63) is 23.8 Å². The number of hydrogen-bond donors (Lipinski definition) is 0. The molecule has 1 unspecified atom stereocenters. The molecule has 0 radical (unpaired) electrons. The zero-order valence-corrected chi connectivity index (χ0v) is 16.1. The van der Waals surface area contributed by atoms with E-state index in [0.717, 1.165) is 50.5 Å². The molecule has 2 aliphatic carbocycles. The Morgan fingerprint density at radius 3 is 2.64 bits per heavy atom. The molecule has 2 fully saturated rings. The maximum atomic E-state index is 12.3. The molecule has 25 heavy (non-hydrogen) atoms. The Kier molecular flexibility index (Phi) is 6.47. The van der Waals surface area contributed by atoms with Crippen LogP contribution in [0.25, 0.3) is 0 Å². The smallest absolute Gasteiger partial charge is 0.330 e. The van der Waals surface area contributed by atoms with Crippen molar-refractivity contribution in [1.29, 1.82) is 0 Å². The van der Waals surface area contributed by atoms with E-state index in [1.807, 2.05) is 6.92 Å². The van der Waals surface area contributed by atoms with Gasteiger partial charge in [-0.3, -0.25) is 4.79 Å². The van der Waals surface area contributed by atoms with E-state index < -0.39 is 0 Å². The molecule has 2 saturated carbocycles. The first-order valence-electron chi connectivity index (χ1n) is 9.34. The highest BCUT2D eigenvalue weighted by Gasteiger charge is 2.51. The second-order valence-electron chi connectivity index (χ2n) is 7.94. The maximum Gasteiger partial charge on any atom is 0.330 e. The SMILES string of the molecule is C=C1CC[C@@H]2C(C(=O)OC)CCC[C@@]2(C)[C@@H]1CC/C(C)=C/C(=O)OC. The second kappa shape index (κ2) is 8.20. The van der Waals surface area contributed by atoms with E-state index >= 15 is 0 Å². The summed E-state index contributed by atoms with van der Waals surface area (Å²) in [5.41, 5.74) is 2.43. The lowest BCUT2D eigenvalue weighted by molar-refractivity contribution is -0.154. The summed E-state index contributed by atoms with van der Waals surface area (Å²) in [5.74, 6) is 0.427. The normalized spacial score (nSPS) is 32.7.